The molecule has 0 amide bonds. The van der Waals surface area contributed by atoms with Crippen LogP contribution in [-0.2, 0) is 11.3 Å². The van der Waals surface area contributed by atoms with E-state index in [-0.39, 0.29) is 12.3 Å². The Morgan fingerprint density at radius 3 is 3.06 bits per heavy atom. The van der Waals surface area contributed by atoms with Crippen LogP contribution in [0.4, 0.5) is 0 Å². The van der Waals surface area contributed by atoms with Crippen molar-refractivity contribution in [2.24, 2.45) is 5.92 Å². The molecule has 0 radical (unpaired) electrons. The second-order valence-electron chi connectivity index (χ2n) is 4.56. The van der Waals surface area contributed by atoms with Crippen molar-refractivity contribution >= 4 is 5.97 Å². The first kappa shape index (κ1) is 12.0. The third-order valence-corrected chi connectivity index (χ3v) is 2.99. The highest BCUT2D eigenvalue weighted by Crippen LogP contribution is 2.20. The predicted molar refractivity (Wildman–Crippen MR) is 59.3 cm³/mol. The van der Waals surface area contributed by atoms with E-state index in [4.69, 9.17) is 9.52 Å². The van der Waals surface area contributed by atoms with Gasteiger partial charge >= 0.3 is 5.97 Å². The lowest BCUT2D eigenvalue weighted by Gasteiger charge is -2.30. The second-order valence-corrected chi connectivity index (χ2v) is 4.56. The lowest BCUT2D eigenvalue weighted by atomic mass is 9.95. The summed E-state index contributed by atoms with van der Waals surface area (Å²) in [6.45, 7) is 4.15. The second kappa shape index (κ2) is 5.27. The predicted octanol–water partition coefficient (Wildman–Crippen LogP) is 1.06. The van der Waals surface area contributed by atoms with Gasteiger partial charge in [-0.05, 0) is 25.3 Å². The summed E-state index contributed by atoms with van der Waals surface area (Å²) in [6, 6.07) is 0. The summed E-state index contributed by atoms with van der Waals surface area (Å²) in [4.78, 5) is 12.9. The highest BCUT2D eigenvalue weighted by Gasteiger charge is 2.23. The minimum Gasteiger partial charge on any atom is -0.481 e. The molecular weight excluding hydrogens is 222 g/mol. The van der Waals surface area contributed by atoms with Gasteiger partial charge in [0.2, 0.25) is 11.8 Å². The Balaban J connectivity index is 1.87. The van der Waals surface area contributed by atoms with Crippen molar-refractivity contribution in [1.29, 1.82) is 0 Å². The lowest BCUT2D eigenvalue weighted by Crippen LogP contribution is -2.35. The molecule has 6 nitrogen and oxygen atoms in total. The molecule has 1 aromatic heterocycles. The summed E-state index contributed by atoms with van der Waals surface area (Å²) in [7, 11) is 0. The van der Waals surface area contributed by atoms with Crippen LogP contribution < -0.4 is 0 Å². The van der Waals surface area contributed by atoms with Gasteiger partial charge < -0.3 is 9.52 Å². The van der Waals surface area contributed by atoms with Crippen LogP contribution in [0, 0.1) is 12.8 Å². The smallest absolute Gasteiger partial charge is 0.303 e. The Morgan fingerprint density at radius 1 is 1.59 bits per heavy atom. The molecule has 1 fully saturated rings. The average Bonchev–Trinajstić information content (AvgIpc) is 2.63. The SMILES string of the molecule is Cc1nnc(CN2CCCC(CC(=O)O)C2)o1. The van der Waals surface area contributed by atoms with Gasteiger partial charge in [-0.3, -0.25) is 9.69 Å². The fourth-order valence-corrected chi connectivity index (χ4v) is 2.30. The molecule has 1 N–H and O–H groups in total. The fourth-order valence-electron chi connectivity index (χ4n) is 2.30. The highest BCUT2D eigenvalue weighted by atomic mass is 16.4. The van der Waals surface area contributed by atoms with E-state index in [0.29, 0.717) is 18.3 Å². The zero-order valence-electron chi connectivity index (χ0n) is 9.93. The topological polar surface area (TPSA) is 79.5 Å². The monoisotopic (exact) mass is 239 g/mol. The summed E-state index contributed by atoms with van der Waals surface area (Å²) < 4.78 is 5.32. The summed E-state index contributed by atoms with van der Waals surface area (Å²) >= 11 is 0. The Hall–Kier alpha value is -1.43. The minimum absolute atomic E-state index is 0.241. The first-order valence-electron chi connectivity index (χ1n) is 5.86. The maximum atomic E-state index is 10.7. The van der Waals surface area contributed by atoms with Crippen molar-refractivity contribution in [3.05, 3.63) is 11.8 Å². The van der Waals surface area contributed by atoms with Crippen LogP contribution >= 0.6 is 0 Å². The van der Waals surface area contributed by atoms with Gasteiger partial charge in [-0.2, -0.15) is 0 Å². The molecule has 1 unspecified atom stereocenters. The molecule has 1 saturated heterocycles. The normalized spacial score (nSPS) is 21.6. The number of aliphatic carboxylic acids is 1. The van der Waals surface area contributed by atoms with Crippen LogP contribution in [0.5, 0.6) is 0 Å². The van der Waals surface area contributed by atoms with E-state index in [1.807, 2.05) is 0 Å². The fraction of sp³-hybridized carbons (Fsp3) is 0.727. The van der Waals surface area contributed by atoms with E-state index in [1.54, 1.807) is 6.92 Å². The van der Waals surface area contributed by atoms with Crippen molar-refractivity contribution < 1.29 is 14.3 Å². The number of carboxylic acids is 1. The number of carbonyl (C=O) groups is 1. The largest absolute Gasteiger partial charge is 0.481 e. The van der Waals surface area contributed by atoms with Crippen LogP contribution in [-0.4, -0.2) is 39.3 Å². The molecule has 2 rings (SSSR count). The van der Waals surface area contributed by atoms with Crippen molar-refractivity contribution in [2.45, 2.75) is 32.7 Å². The van der Waals surface area contributed by atoms with E-state index in [9.17, 15) is 4.79 Å². The van der Waals surface area contributed by atoms with Crippen molar-refractivity contribution in [3.8, 4) is 0 Å². The molecule has 0 spiro atoms. The Morgan fingerprint density at radius 2 is 2.41 bits per heavy atom. The minimum atomic E-state index is -0.717. The average molecular weight is 239 g/mol. The first-order valence-corrected chi connectivity index (χ1v) is 5.86. The summed E-state index contributed by atoms with van der Waals surface area (Å²) in [5.74, 6) is 0.702. The Kier molecular flexibility index (Phi) is 3.73. The summed E-state index contributed by atoms with van der Waals surface area (Å²) in [5, 5.41) is 16.5. The van der Waals surface area contributed by atoms with E-state index in [1.165, 1.54) is 0 Å². The van der Waals surface area contributed by atoms with Crippen LogP contribution in [0.1, 0.15) is 31.0 Å². The summed E-state index contributed by atoms with van der Waals surface area (Å²) in [5.41, 5.74) is 0. The molecule has 6 heteroatoms. The van der Waals surface area contributed by atoms with Gasteiger partial charge in [0.05, 0.1) is 6.54 Å². The van der Waals surface area contributed by atoms with Gasteiger partial charge in [0, 0.05) is 19.9 Å². The van der Waals surface area contributed by atoms with Gasteiger partial charge in [0.1, 0.15) is 0 Å². The number of hydrogen-bond acceptors (Lipinski definition) is 5. The van der Waals surface area contributed by atoms with Gasteiger partial charge in [-0.25, -0.2) is 0 Å². The molecule has 17 heavy (non-hydrogen) atoms. The standard InChI is InChI=1S/C11H17N3O3/c1-8-12-13-10(17-8)7-14-4-2-3-9(6-14)5-11(15)16/h9H,2-7H2,1H3,(H,15,16). The first-order chi connectivity index (χ1) is 8.13. The summed E-state index contributed by atoms with van der Waals surface area (Å²) in [6.07, 6.45) is 2.27. The molecule has 0 aliphatic carbocycles. The third kappa shape index (κ3) is 3.52. The number of piperidine rings is 1. The van der Waals surface area contributed by atoms with E-state index in [2.05, 4.69) is 15.1 Å². The van der Waals surface area contributed by atoms with Crippen LogP contribution in [0.2, 0.25) is 0 Å². The number of carboxylic acid groups (broad SMARTS) is 1. The van der Waals surface area contributed by atoms with Gasteiger partial charge in [0.25, 0.3) is 0 Å². The Labute approximate surface area is 99.6 Å². The molecular formula is C11H17N3O3. The Bertz CT molecular complexity index is 391. The highest BCUT2D eigenvalue weighted by molar-refractivity contribution is 5.67. The third-order valence-electron chi connectivity index (χ3n) is 2.99. The van der Waals surface area contributed by atoms with Crippen molar-refractivity contribution in [2.75, 3.05) is 13.1 Å². The van der Waals surface area contributed by atoms with E-state index in [0.717, 1.165) is 25.9 Å². The molecule has 1 atom stereocenters. The number of aryl methyl sites for hydroxylation is 1. The molecule has 1 aliphatic heterocycles. The molecule has 0 saturated carbocycles. The number of nitrogens with zero attached hydrogens (tertiary/aromatic N) is 3. The van der Waals surface area contributed by atoms with Gasteiger partial charge in [-0.15, -0.1) is 10.2 Å². The molecule has 94 valence electrons. The zero-order chi connectivity index (χ0) is 12.3. The van der Waals surface area contributed by atoms with E-state index < -0.39 is 5.97 Å². The molecule has 0 bridgehead atoms. The van der Waals surface area contributed by atoms with Gasteiger partial charge in [0.15, 0.2) is 0 Å². The molecule has 1 aromatic rings. The lowest BCUT2D eigenvalue weighted by molar-refractivity contribution is -0.138. The zero-order valence-corrected chi connectivity index (χ0v) is 9.93. The quantitative estimate of drug-likeness (QED) is 0.846. The van der Waals surface area contributed by atoms with Crippen molar-refractivity contribution in [3.63, 3.8) is 0 Å². The van der Waals surface area contributed by atoms with Gasteiger partial charge in [-0.1, -0.05) is 0 Å². The molecule has 2 heterocycles. The maximum absolute atomic E-state index is 10.7. The number of rotatable bonds is 4. The van der Waals surface area contributed by atoms with E-state index >= 15 is 0 Å². The molecule has 0 aromatic carbocycles. The number of aromatic nitrogens is 2. The number of hydrogen-bond donors (Lipinski definition) is 1. The number of likely N-dealkylation sites (tertiary alicyclic amines) is 1. The maximum Gasteiger partial charge on any atom is 0.303 e. The van der Waals surface area contributed by atoms with Crippen LogP contribution in [0.15, 0.2) is 4.42 Å². The molecule has 1 aliphatic rings. The van der Waals surface area contributed by atoms with Crippen LogP contribution in [0.25, 0.3) is 0 Å². The van der Waals surface area contributed by atoms with Crippen molar-refractivity contribution in [1.82, 2.24) is 15.1 Å². The van der Waals surface area contributed by atoms with Crippen LogP contribution in [0.3, 0.4) is 0 Å².